The average Bonchev–Trinajstić information content (AvgIpc) is 3.10. The Bertz CT molecular complexity index is 538. The van der Waals surface area contributed by atoms with Gasteiger partial charge in [0.1, 0.15) is 6.10 Å². The predicted octanol–water partition coefficient (Wildman–Crippen LogP) is 2.93. The van der Waals surface area contributed by atoms with Crippen LogP contribution in [0.2, 0.25) is 0 Å². The molecule has 0 aromatic carbocycles. The van der Waals surface area contributed by atoms with Crippen LogP contribution in [0.3, 0.4) is 0 Å². The minimum absolute atomic E-state index is 0.108. The Balaban J connectivity index is 1.30. The summed E-state index contributed by atoms with van der Waals surface area (Å²) in [5, 5.41) is 0. The van der Waals surface area contributed by atoms with E-state index in [2.05, 4.69) is 0 Å². The molecule has 0 aromatic heterocycles. The van der Waals surface area contributed by atoms with E-state index in [0.717, 1.165) is 31.1 Å². The Kier molecular flexibility index (Phi) is 2.44. The lowest BCUT2D eigenvalue weighted by atomic mass is 9.56. The largest absolute Gasteiger partial charge is 0.464 e. The lowest BCUT2D eigenvalue weighted by molar-refractivity contribution is -0.376. The van der Waals surface area contributed by atoms with Gasteiger partial charge in [0.15, 0.2) is 0 Å². The summed E-state index contributed by atoms with van der Waals surface area (Å²) in [7, 11) is 0. The Morgan fingerprint density at radius 1 is 0.957 bits per heavy atom. The molecule has 5 saturated carbocycles. The van der Waals surface area contributed by atoms with E-state index in [-0.39, 0.29) is 6.10 Å². The lowest BCUT2D eigenvalue weighted by Gasteiger charge is -2.49. The van der Waals surface area contributed by atoms with Crippen LogP contribution < -0.4 is 0 Å². The molecule has 6 unspecified atom stereocenters. The van der Waals surface area contributed by atoms with E-state index in [4.69, 9.17) is 19.2 Å². The van der Waals surface area contributed by atoms with Gasteiger partial charge in [0.2, 0.25) is 11.6 Å². The van der Waals surface area contributed by atoms with Crippen molar-refractivity contribution in [2.75, 3.05) is 0 Å². The van der Waals surface area contributed by atoms with E-state index >= 15 is 0 Å². The molecule has 126 valence electrons. The zero-order chi connectivity index (χ0) is 15.3. The summed E-state index contributed by atoms with van der Waals surface area (Å²) < 4.78 is 11.9. The number of hydrogen-bond acceptors (Lipinski definition) is 5. The van der Waals surface area contributed by atoms with Crippen molar-refractivity contribution >= 4 is 6.47 Å². The van der Waals surface area contributed by atoms with E-state index in [9.17, 15) is 4.79 Å². The number of hydrogen-bond donors (Lipinski definition) is 0. The molecule has 0 aromatic rings. The summed E-state index contributed by atoms with van der Waals surface area (Å²) in [6.07, 6.45) is 9.65. The Morgan fingerprint density at radius 2 is 1.70 bits per heavy atom. The third kappa shape index (κ3) is 1.49. The fraction of sp³-hybridized carbons (Fsp3) is 0.944. The average molecular weight is 320 g/mol. The van der Waals surface area contributed by atoms with Crippen LogP contribution in [0.5, 0.6) is 0 Å². The second-order valence-corrected chi connectivity index (χ2v) is 8.99. The first-order valence-corrected chi connectivity index (χ1v) is 9.34. The fourth-order valence-electron chi connectivity index (χ4n) is 7.40. The second kappa shape index (κ2) is 4.12. The summed E-state index contributed by atoms with van der Waals surface area (Å²) in [6, 6.07) is 0. The highest BCUT2D eigenvalue weighted by Crippen LogP contribution is 2.79. The van der Waals surface area contributed by atoms with Gasteiger partial charge >= 0.3 is 0 Å². The van der Waals surface area contributed by atoms with Crippen LogP contribution in [-0.2, 0) is 24.0 Å². The number of carbonyl (C=O) groups is 1. The molecule has 0 radical (unpaired) electrons. The van der Waals surface area contributed by atoms with Gasteiger partial charge in [-0.05, 0) is 62.2 Å². The van der Waals surface area contributed by atoms with Crippen LogP contribution in [0, 0.1) is 29.1 Å². The van der Waals surface area contributed by atoms with Crippen LogP contribution in [0.4, 0.5) is 0 Å². The second-order valence-electron chi connectivity index (χ2n) is 8.99. The van der Waals surface area contributed by atoms with Crippen molar-refractivity contribution in [3.63, 3.8) is 0 Å². The number of carbonyl (C=O) groups excluding carboxylic acids is 1. The van der Waals surface area contributed by atoms with Crippen LogP contribution in [0.25, 0.3) is 0 Å². The number of rotatable bonds is 2. The molecule has 5 aliphatic carbocycles. The molecule has 0 N–H and O–H groups in total. The topological polar surface area (TPSA) is 54.0 Å². The first kappa shape index (κ1) is 13.6. The van der Waals surface area contributed by atoms with Gasteiger partial charge in [0.25, 0.3) is 6.47 Å². The van der Waals surface area contributed by atoms with Gasteiger partial charge in [-0.2, -0.15) is 9.78 Å². The lowest BCUT2D eigenvalue weighted by Crippen LogP contribution is -2.50. The zero-order valence-corrected chi connectivity index (χ0v) is 13.4. The first-order chi connectivity index (χ1) is 11.2. The van der Waals surface area contributed by atoms with Crippen molar-refractivity contribution in [2.45, 2.75) is 75.5 Å². The Labute approximate surface area is 135 Å². The SMILES string of the molecule is O=COC1CCCC2(C1)OOC1(O2)C2CC3CC4CC1CC34C2. The molecule has 6 atom stereocenters. The molecule has 0 amide bonds. The quantitative estimate of drug-likeness (QED) is 0.578. The fourth-order valence-corrected chi connectivity index (χ4v) is 7.40. The number of fused-ring (bicyclic) bond motifs is 4. The van der Waals surface area contributed by atoms with Crippen molar-refractivity contribution < 1.29 is 24.0 Å². The Hall–Kier alpha value is -0.650. The molecular weight excluding hydrogens is 296 g/mol. The third-order valence-corrected chi connectivity index (χ3v) is 8.26. The minimum atomic E-state index is -0.693. The van der Waals surface area contributed by atoms with Crippen LogP contribution in [0.1, 0.15) is 57.8 Å². The monoisotopic (exact) mass is 320 g/mol. The third-order valence-electron chi connectivity index (χ3n) is 8.26. The van der Waals surface area contributed by atoms with Gasteiger partial charge in [-0.15, -0.1) is 0 Å². The molecule has 23 heavy (non-hydrogen) atoms. The summed E-state index contributed by atoms with van der Waals surface area (Å²) in [5.41, 5.74) is 0.638. The van der Waals surface area contributed by atoms with Crippen molar-refractivity contribution in [3.8, 4) is 0 Å². The van der Waals surface area contributed by atoms with E-state index in [1.165, 1.54) is 32.1 Å². The highest BCUT2D eigenvalue weighted by Gasteiger charge is 2.77. The predicted molar refractivity (Wildman–Crippen MR) is 77.6 cm³/mol. The molecule has 3 bridgehead atoms. The molecule has 6 aliphatic rings. The molecule has 6 rings (SSSR count). The molecular formula is C18H24O5. The maximum absolute atomic E-state index is 10.7. The zero-order valence-electron chi connectivity index (χ0n) is 13.4. The van der Waals surface area contributed by atoms with Gasteiger partial charge in [-0.1, -0.05) is 0 Å². The van der Waals surface area contributed by atoms with E-state index < -0.39 is 11.6 Å². The van der Waals surface area contributed by atoms with E-state index in [0.29, 0.717) is 30.1 Å². The normalized spacial score (nSPS) is 61.8. The molecule has 1 saturated heterocycles. The van der Waals surface area contributed by atoms with E-state index in [1.54, 1.807) is 0 Å². The first-order valence-electron chi connectivity index (χ1n) is 9.34. The van der Waals surface area contributed by atoms with E-state index in [1.807, 2.05) is 0 Å². The van der Waals surface area contributed by atoms with Crippen molar-refractivity contribution in [3.05, 3.63) is 0 Å². The standard InChI is InChI=1S/C18H24O5/c19-10-20-15-2-1-3-17(9-15)21-18(23-22-17)13-5-11-4-12-6-14(18)8-16(11,12)7-13/h10-15H,1-9H2. The molecule has 3 spiro atoms. The number of ether oxygens (including phenoxy) is 2. The summed E-state index contributed by atoms with van der Waals surface area (Å²) in [5.74, 6) is 1.58. The molecule has 1 heterocycles. The molecule has 1 aliphatic heterocycles. The van der Waals surface area contributed by atoms with Crippen LogP contribution >= 0.6 is 0 Å². The highest BCUT2D eigenvalue weighted by atomic mass is 17.3. The van der Waals surface area contributed by atoms with Crippen LogP contribution in [0.15, 0.2) is 0 Å². The van der Waals surface area contributed by atoms with Gasteiger partial charge in [0, 0.05) is 24.7 Å². The minimum Gasteiger partial charge on any atom is -0.464 e. The van der Waals surface area contributed by atoms with Gasteiger partial charge in [-0.3, -0.25) is 4.79 Å². The maximum Gasteiger partial charge on any atom is 0.293 e. The van der Waals surface area contributed by atoms with Gasteiger partial charge < -0.3 is 9.47 Å². The smallest absolute Gasteiger partial charge is 0.293 e. The molecule has 6 fully saturated rings. The summed E-state index contributed by atoms with van der Waals surface area (Å²) >= 11 is 0. The van der Waals surface area contributed by atoms with Gasteiger partial charge in [-0.25, -0.2) is 0 Å². The summed E-state index contributed by atoms with van der Waals surface area (Å²) in [4.78, 5) is 22.6. The molecule has 5 nitrogen and oxygen atoms in total. The molecule has 5 heteroatoms. The summed E-state index contributed by atoms with van der Waals surface area (Å²) in [6.45, 7) is 0.547. The Morgan fingerprint density at radius 3 is 2.43 bits per heavy atom. The van der Waals surface area contributed by atoms with Crippen molar-refractivity contribution in [1.29, 1.82) is 0 Å². The maximum atomic E-state index is 10.7. The van der Waals surface area contributed by atoms with Gasteiger partial charge in [0.05, 0.1) is 0 Å². The van der Waals surface area contributed by atoms with Crippen molar-refractivity contribution in [2.24, 2.45) is 29.1 Å². The van der Waals surface area contributed by atoms with Crippen LogP contribution in [-0.4, -0.2) is 24.2 Å². The highest BCUT2D eigenvalue weighted by molar-refractivity contribution is 5.37. The van der Waals surface area contributed by atoms with Crippen molar-refractivity contribution in [1.82, 2.24) is 0 Å².